The van der Waals surface area contributed by atoms with Crippen LogP contribution >= 0.6 is 11.5 Å². The number of hydrogen-bond donors (Lipinski definition) is 1. The molecule has 0 unspecified atom stereocenters. The minimum atomic E-state index is 0.566. The molecule has 1 aromatic rings. The lowest BCUT2D eigenvalue weighted by Crippen LogP contribution is -2.24. The Labute approximate surface area is 71.0 Å². The van der Waals surface area contributed by atoms with Gasteiger partial charge in [0.05, 0.1) is 5.69 Å². The van der Waals surface area contributed by atoms with Gasteiger partial charge in [-0.05, 0) is 24.9 Å². The lowest BCUT2D eigenvalue weighted by Gasteiger charge is -2.08. The van der Waals surface area contributed by atoms with Crippen LogP contribution in [-0.4, -0.2) is 15.6 Å². The zero-order chi connectivity index (χ0) is 8.10. The Balaban J connectivity index is 2.23. The first kappa shape index (κ1) is 8.62. The van der Waals surface area contributed by atoms with Gasteiger partial charge in [-0.1, -0.05) is 11.4 Å². The average molecular weight is 171 g/mol. The van der Waals surface area contributed by atoms with Crippen LogP contribution in [0.25, 0.3) is 0 Å². The van der Waals surface area contributed by atoms with Crippen molar-refractivity contribution in [1.82, 2.24) is 14.9 Å². The third-order valence-electron chi connectivity index (χ3n) is 1.65. The molecule has 1 N–H and O–H groups in total. The van der Waals surface area contributed by atoms with Crippen molar-refractivity contribution in [2.45, 2.75) is 32.9 Å². The second kappa shape index (κ2) is 4.41. The summed E-state index contributed by atoms with van der Waals surface area (Å²) in [5, 5.41) is 9.23. The lowest BCUT2D eigenvalue weighted by atomic mass is 10.2. The number of nitrogens with zero attached hydrogens (tertiary/aromatic N) is 2. The molecule has 0 radical (unpaired) electrons. The van der Waals surface area contributed by atoms with E-state index in [0.29, 0.717) is 6.04 Å². The highest BCUT2D eigenvalue weighted by molar-refractivity contribution is 7.03. The maximum absolute atomic E-state index is 3.93. The number of hydrogen-bond acceptors (Lipinski definition) is 4. The fraction of sp³-hybridized carbons (Fsp3) is 0.714. The molecular formula is C7H13N3S. The van der Waals surface area contributed by atoms with E-state index in [4.69, 9.17) is 0 Å². The predicted molar refractivity (Wildman–Crippen MR) is 46.5 cm³/mol. The molecular weight excluding hydrogens is 158 g/mol. The van der Waals surface area contributed by atoms with Gasteiger partial charge in [0.25, 0.3) is 0 Å². The molecule has 0 aliphatic rings. The number of rotatable bonds is 4. The van der Waals surface area contributed by atoms with Crippen molar-refractivity contribution in [3.8, 4) is 0 Å². The van der Waals surface area contributed by atoms with Gasteiger partial charge in [0.2, 0.25) is 0 Å². The molecule has 0 bridgehead atoms. The van der Waals surface area contributed by atoms with E-state index in [1.165, 1.54) is 11.5 Å². The van der Waals surface area contributed by atoms with Crippen molar-refractivity contribution in [3.05, 3.63) is 11.1 Å². The summed E-state index contributed by atoms with van der Waals surface area (Å²) in [5.74, 6) is 0. The van der Waals surface area contributed by atoms with Gasteiger partial charge >= 0.3 is 0 Å². The van der Waals surface area contributed by atoms with Crippen LogP contribution in [0.1, 0.15) is 26.0 Å². The van der Waals surface area contributed by atoms with Crippen LogP contribution in [0.3, 0.4) is 0 Å². The SMILES string of the molecule is CC[C@H](C)NCc1csnn1. The van der Waals surface area contributed by atoms with Gasteiger partial charge in [0, 0.05) is 18.0 Å². The molecule has 0 saturated heterocycles. The van der Waals surface area contributed by atoms with Crippen molar-refractivity contribution >= 4 is 11.5 Å². The molecule has 4 heteroatoms. The largest absolute Gasteiger partial charge is 0.309 e. The van der Waals surface area contributed by atoms with Gasteiger partial charge in [-0.25, -0.2) is 0 Å². The van der Waals surface area contributed by atoms with Crippen LogP contribution in [0, 0.1) is 0 Å². The van der Waals surface area contributed by atoms with E-state index in [0.717, 1.165) is 18.7 Å². The zero-order valence-corrected chi connectivity index (χ0v) is 7.69. The maximum Gasteiger partial charge on any atom is 0.0893 e. The van der Waals surface area contributed by atoms with Crippen LogP contribution in [0.4, 0.5) is 0 Å². The van der Waals surface area contributed by atoms with Crippen LogP contribution in [0.15, 0.2) is 5.38 Å². The molecule has 1 aromatic heterocycles. The first-order valence-electron chi connectivity index (χ1n) is 3.82. The first-order valence-corrected chi connectivity index (χ1v) is 4.66. The van der Waals surface area contributed by atoms with Gasteiger partial charge in [-0.2, -0.15) is 0 Å². The molecule has 62 valence electrons. The van der Waals surface area contributed by atoms with Crippen LogP contribution in [0.2, 0.25) is 0 Å². The Morgan fingerprint density at radius 3 is 3.09 bits per heavy atom. The Bertz CT molecular complexity index is 186. The Hall–Kier alpha value is -0.480. The van der Waals surface area contributed by atoms with Gasteiger partial charge in [0.15, 0.2) is 0 Å². The van der Waals surface area contributed by atoms with E-state index in [-0.39, 0.29) is 0 Å². The van der Waals surface area contributed by atoms with Crippen LogP contribution in [-0.2, 0) is 6.54 Å². The fourth-order valence-corrected chi connectivity index (χ4v) is 1.14. The summed E-state index contributed by atoms with van der Waals surface area (Å²) in [6.07, 6.45) is 1.15. The molecule has 0 aliphatic heterocycles. The van der Waals surface area contributed by atoms with Gasteiger partial charge in [-0.3, -0.25) is 0 Å². The van der Waals surface area contributed by atoms with E-state index >= 15 is 0 Å². The van der Waals surface area contributed by atoms with E-state index in [1.54, 1.807) is 0 Å². The Morgan fingerprint density at radius 2 is 2.55 bits per heavy atom. The molecule has 1 atom stereocenters. The van der Waals surface area contributed by atoms with E-state index in [1.807, 2.05) is 5.38 Å². The normalized spacial score (nSPS) is 13.3. The van der Waals surface area contributed by atoms with Crippen LogP contribution in [0.5, 0.6) is 0 Å². The molecule has 0 fully saturated rings. The monoisotopic (exact) mass is 171 g/mol. The summed E-state index contributed by atoms with van der Waals surface area (Å²) < 4.78 is 3.78. The van der Waals surface area contributed by atoms with Gasteiger partial charge < -0.3 is 5.32 Å². The summed E-state index contributed by atoms with van der Waals surface area (Å²) in [5.41, 5.74) is 1.04. The fourth-order valence-electron chi connectivity index (χ4n) is 0.684. The lowest BCUT2D eigenvalue weighted by molar-refractivity contribution is 0.528. The third kappa shape index (κ3) is 2.95. The second-order valence-corrected chi connectivity index (χ2v) is 3.20. The summed E-state index contributed by atoms with van der Waals surface area (Å²) in [4.78, 5) is 0. The van der Waals surface area contributed by atoms with Crippen molar-refractivity contribution < 1.29 is 0 Å². The molecule has 0 spiro atoms. The minimum Gasteiger partial charge on any atom is -0.309 e. The highest BCUT2D eigenvalue weighted by Gasteiger charge is 1.99. The molecule has 0 amide bonds. The molecule has 0 saturated carbocycles. The molecule has 11 heavy (non-hydrogen) atoms. The van der Waals surface area contributed by atoms with E-state index in [9.17, 15) is 0 Å². The molecule has 1 heterocycles. The van der Waals surface area contributed by atoms with E-state index < -0.39 is 0 Å². The summed E-state index contributed by atoms with van der Waals surface area (Å²) in [6, 6.07) is 0.566. The van der Waals surface area contributed by atoms with Crippen molar-refractivity contribution in [1.29, 1.82) is 0 Å². The van der Waals surface area contributed by atoms with Crippen molar-refractivity contribution in [2.75, 3.05) is 0 Å². The Kier molecular flexibility index (Phi) is 3.45. The van der Waals surface area contributed by atoms with Gasteiger partial charge in [0.1, 0.15) is 0 Å². The molecule has 0 aromatic carbocycles. The summed E-state index contributed by atoms with van der Waals surface area (Å²) in [6.45, 7) is 5.17. The van der Waals surface area contributed by atoms with Crippen molar-refractivity contribution in [2.24, 2.45) is 0 Å². The van der Waals surface area contributed by atoms with Crippen LogP contribution < -0.4 is 5.32 Å². The molecule has 3 nitrogen and oxygen atoms in total. The van der Waals surface area contributed by atoms with Gasteiger partial charge in [-0.15, -0.1) is 5.10 Å². The highest BCUT2D eigenvalue weighted by atomic mass is 32.1. The number of aromatic nitrogens is 2. The quantitative estimate of drug-likeness (QED) is 0.744. The smallest absolute Gasteiger partial charge is 0.0893 e. The predicted octanol–water partition coefficient (Wildman–Crippen LogP) is 1.43. The maximum atomic E-state index is 3.93. The standard InChI is InChI=1S/C7H13N3S/c1-3-6(2)8-4-7-5-11-10-9-7/h5-6,8H,3-4H2,1-2H3/t6-/m0/s1. The second-order valence-electron chi connectivity index (χ2n) is 2.59. The molecule has 0 aliphatic carbocycles. The topological polar surface area (TPSA) is 37.8 Å². The number of nitrogens with one attached hydrogen (secondary N) is 1. The molecule has 1 rings (SSSR count). The summed E-state index contributed by atoms with van der Waals surface area (Å²) >= 11 is 1.40. The minimum absolute atomic E-state index is 0.566. The highest BCUT2D eigenvalue weighted by Crippen LogP contribution is 1.97. The van der Waals surface area contributed by atoms with E-state index in [2.05, 4.69) is 28.8 Å². The zero-order valence-electron chi connectivity index (χ0n) is 6.87. The third-order valence-corrected chi connectivity index (χ3v) is 2.20. The average Bonchev–Trinajstić information content (AvgIpc) is 2.52. The Morgan fingerprint density at radius 1 is 1.73 bits per heavy atom. The first-order chi connectivity index (χ1) is 5.33. The summed E-state index contributed by atoms with van der Waals surface area (Å²) in [7, 11) is 0. The van der Waals surface area contributed by atoms with Crippen molar-refractivity contribution in [3.63, 3.8) is 0 Å².